The van der Waals surface area contributed by atoms with Gasteiger partial charge in [0, 0.05) is 28.9 Å². The molecule has 0 saturated heterocycles. The number of carboxylic acid groups (broad SMARTS) is 1. The highest BCUT2D eigenvalue weighted by atomic mass is 32.2. The minimum Gasteiger partial charge on any atom is -0.480 e. The van der Waals surface area contributed by atoms with Crippen molar-refractivity contribution in [3.63, 3.8) is 0 Å². The van der Waals surface area contributed by atoms with E-state index in [4.69, 9.17) is 0 Å². The lowest BCUT2D eigenvalue weighted by Crippen LogP contribution is -2.14. The largest absolute Gasteiger partial charge is 0.480 e. The van der Waals surface area contributed by atoms with E-state index in [0.717, 1.165) is 26.9 Å². The van der Waals surface area contributed by atoms with Crippen LogP contribution in [0.2, 0.25) is 0 Å². The smallest absolute Gasteiger partial charge is 0.316 e. The second-order valence-corrected chi connectivity index (χ2v) is 6.37. The average Bonchev–Trinajstić information content (AvgIpc) is 2.59. The van der Waals surface area contributed by atoms with Gasteiger partial charge in [0.15, 0.2) is 0 Å². The number of carboxylic acids is 1. The van der Waals surface area contributed by atoms with E-state index in [1.165, 1.54) is 11.8 Å². The van der Waals surface area contributed by atoms with Crippen molar-refractivity contribution >= 4 is 28.6 Å². The molecule has 116 valence electrons. The summed E-state index contributed by atoms with van der Waals surface area (Å²) in [6.07, 6.45) is 5.82. The Balaban J connectivity index is 2.06. The van der Waals surface area contributed by atoms with Crippen LogP contribution in [0.3, 0.4) is 0 Å². The van der Waals surface area contributed by atoms with Crippen molar-refractivity contribution in [1.29, 1.82) is 0 Å². The number of fused-ring (bicyclic) bond motifs is 1. The van der Waals surface area contributed by atoms with Gasteiger partial charge >= 0.3 is 5.97 Å². The van der Waals surface area contributed by atoms with Crippen LogP contribution in [0.4, 0.5) is 0 Å². The summed E-state index contributed by atoms with van der Waals surface area (Å²) < 4.78 is 0. The summed E-state index contributed by atoms with van der Waals surface area (Å²) in [7, 11) is 0. The van der Waals surface area contributed by atoms with Crippen LogP contribution >= 0.6 is 11.8 Å². The predicted octanol–water partition coefficient (Wildman–Crippen LogP) is 4.25. The average molecular weight is 324 g/mol. The maximum Gasteiger partial charge on any atom is 0.316 e. The molecule has 0 saturated carbocycles. The molecule has 2 heterocycles. The van der Waals surface area contributed by atoms with Gasteiger partial charge in [-0.3, -0.25) is 14.8 Å². The molecule has 0 spiro atoms. The van der Waals surface area contributed by atoms with Crippen LogP contribution in [0.25, 0.3) is 22.0 Å². The van der Waals surface area contributed by atoms with E-state index in [1.54, 1.807) is 18.6 Å². The molecular weight excluding hydrogens is 308 g/mol. The fourth-order valence-corrected chi connectivity index (χ4v) is 3.41. The van der Waals surface area contributed by atoms with Crippen LogP contribution in [0.1, 0.15) is 13.3 Å². The molecule has 23 heavy (non-hydrogen) atoms. The van der Waals surface area contributed by atoms with Gasteiger partial charge in [-0.2, -0.15) is 0 Å². The summed E-state index contributed by atoms with van der Waals surface area (Å²) >= 11 is 1.38. The van der Waals surface area contributed by atoms with E-state index >= 15 is 0 Å². The molecular formula is C18H16N2O2S. The molecule has 1 unspecified atom stereocenters. The number of carbonyl (C=O) groups is 1. The molecule has 3 rings (SSSR count). The molecule has 0 amide bonds. The first kappa shape index (κ1) is 15.5. The number of hydrogen-bond donors (Lipinski definition) is 1. The third-order valence-electron chi connectivity index (χ3n) is 3.63. The van der Waals surface area contributed by atoms with Gasteiger partial charge in [-0.1, -0.05) is 13.0 Å². The second-order valence-electron chi connectivity index (χ2n) is 5.13. The monoisotopic (exact) mass is 324 g/mol. The number of pyridine rings is 2. The zero-order valence-electron chi connectivity index (χ0n) is 12.6. The summed E-state index contributed by atoms with van der Waals surface area (Å²) in [6, 6.07) is 11.8. The molecule has 5 heteroatoms. The van der Waals surface area contributed by atoms with Crippen molar-refractivity contribution in [2.24, 2.45) is 0 Å². The van der Waals surface area contributed by atoms with Gasteiger partial charge < -0.3 is 5.11 Å². The predicted molar refractivity (Wildman–Crippen MR) is 92.5 cm³/mol. The van der Waals surface area contributed by atoms with Crippen LogP contribution in [-0.4, -0.2) is 26.3 Å². The lowest BCUT2D eigenvalue weighted by molar-refractivity contribution is -0.136. The Morgan fingerprint density at radius 2 is 1.91 bits per heavy atom. The van der Waals surface area contributed by atoms with Crippen LogP contribution in [0.15, 0.2) is 59.9 Å². The molecule has 0 aliphatic rings. The van der Waals surface area contributed by atoms with Crippen molar-refractivity contribution < 1.29 is 9.90 Å². The van der Waals surface area contributed by atoms with Gasteiger partial charge in [-0.05, 0) is 47.9 Å². The zero-order chi connectivity index (χ0) is 16.2. The lowest BCUT2D eigenvalue weighted by atomic mass is 10.0. The molecule has 0 bridgehead atoms. The van der Waals surface area contributed by atoms with Crippen molar-refractivity contribution in [2.75, 3.05) is 0 Å². The highest BCUT2D eigenvalue weighted by Gasteiger charge is 2.18. The van der Waals surface area contributed by atoms with Crippen molar-refractivity contribution in [3.8, 4) is 11.1 Å². The summed E-state index contributed by atoms with van der Waals surface area (Å²) in [6.45, 7) is 1.89. The van der Waals surface area contributed by atoms with Gasteiger partial charge in [0.1, 0.15) is 5.25 Å². The second kappa shape index (κ2) is 6.79. The fourth-order valence-electron chi connectivity index (χ4n) is 2.41. The van der Waals surface area contributed by atoms with E-state index in [2.05, 4.69) is 16.0 Å². The lowest BCUT2D eigenvalue weighted by Gasteiger charge is -2.12. The zero-order valence-corrected chi connectivity index (χ0v) is 13.5. The summed E-state index contributed by atoms with van der Waals surface area (Å²) in [5, 5.41) is 9.82. The number of nitrogens with zero attached hydrogens (tertiary/aromatic N) is 2. The molecule has 2 aromatic heterocycles. The van der Waals surface area contributed by atoms with Crippen molar-refractivity contribution in [1.82, 2.24) is 9.97 Å². The summed E-state index contributed by atoms with van der Waals surface area (Å²) in [5.74, 6) is -0.784. The topological polar surface area (TPSA) is 63.1 Å². The Labute approximate surface area is 138 Å². The molecule has 0 aliphatic heterocycles. The molecule has 0 fully saturated rings. The molecule has 4 nitrogen and oxygen atoms in total. The first-order chi connectivity index (χ1) is 11.2. The number of hydrogen-bond acceptors (Lipinski definition) is 4. The molecule has 1 N–H and O–H groups in total. The molecule has 3 aromatic rings. The van der Waals surface area contributed by atoms with Gasteiger partial charge in [0.2, 0.25) is 0 Å². The molecule has 0 aliphatic carbocycles. The summed E-state index contributed by atoms with van der Waals surface area (Å²) in [5.41, 5.74) is 3.01. The SMILES string of the molecule is CCC(Sc1ccnc2ccc(-c3ccncc3)cc12)C(=O)O. The Kier molecular flexibility index (Phi) is 4.57. The summed E-state index contributed by atoms with van der Waals surface area (Å²) in [4.78, 5) is 20.7. The van der Waals surface area contributed by atoms with Crippen LogP contribution in [0, 0.1) is 0 Å². The van der Waals surface area contributed by atoms with E-state index in [-0.39, 0.29) is 0 Å². The quantitative estimate of drug-likeness (QED) is 0.711. The first-order valence-corrected chi connectivity index (χ1v) is 8.25. The minimum atomic E-state index is -0.784. The number of thioether (sulfide) groups is 1. The molecule has 1 atom stereocenters. The Morgan fingerprint density at radius 1 is 1.13 bits per heavy atom. The van der Waals surface area contributed by atoms with E-state index in [9.17, 15) is 9.90 Å². The molecule has 1 aromatic carbocycles. The standard InChI is InChI=1S/C18H16N2O2S/c1-2-16(18(21)22)23-17-7-10-20-15-4-3-13(11-14(15)17)12-5-8-19-9-6-12/h3-11,16H,2H2,1H3,(H,21,22). The number of aliphatic carboxylic acids is 1. The third-order valence-corrected chi connectivity index (χ3v) is 5.06. The van der Waals surface area contributed by atoms with Crippen molar-refractivity contribution in [3.05, 3.63) is 55.0 Å². The van der Waals surface area contributed by atoms with E-state index in [1.807, 2.05) is 37.3 Å². The Bertz CT molecular complexity index is 837. The fraction of sp³-hybridized carbons (Fsp3) is 0.167. The maximum atomic E-state index is 11.3. The first-order valence-electron chi connectivity index (χ1n) is 7.37. The van der Waals surface area contributed by atoms with Crippen molar-refractivity contribution in [2.45, 2.75) is 23.5 Å². The minimum absolute atomic E-state index is 0.454. The van der Waals surface area contributed by atoms with Gasteiger partial charge in [-0.25, -0.2) is 0 Å². The van der Waals surface area contributed by atoms with Gasteiger partial charge in [0.05, 0.1) is 5.52 Å². The molecule has 0 radical (unpaired) electrons. The van der Waals surface area contributed by atoms with Crippen LogP contribution < -0.4 is 0 Å². The van der Waals surface area contributed by atoms with Crippen LogP contribution in [0.5, 0.6) is 0 Å². The van der Waals surface area contributed by atoms with E-state index in [0.29, 0.717) is 6.42 Å². The van der Waals surface area contributed by atoms with Crippen LogP contribution in [-0.2, 0) is 4.79 Å². The normalized spacial score (nSPS) is 12.2. The Morgan fingerprint density at radius 3 is 2.61 bits per heavy atom. The highest BCUT2D eigenvalue weighted by Crippen LogP contribution is 2.33. The Hall–Kier alpha value is -2.40. The van der Waals surface area contributed by atoms with E-state index < -0.39 is 11.2 Å². The third kappa shape index (κ3) is 3.35. The highest BCUT2D eigenvalue weighted by molar-refractivity contribution is 8.00. The number of aromatic nitrogens is 2. The number of rotatable bonds is 5. The number of benzene rings is 1. The van der Waals surface area contributed by atoms with Gasteiger partial charge in [0.25, 0.3) is 0 Å². The maximum absolute atomic E-state index is 11.3. The van der Waals surface area contributed by atoms with Gasteiger partial charge in [-0.15, -0.1) is 11.8 Å².